The van der Waals surface area contributed by atoms with E-state index < -0.39 is 12.1 Å². The number of aryl methyl sites for hydroxylation is 2. The van der Waals surface area contributed by atoms with Gasteiger partial charge in [0.1, 0.15) is 5.82 Å². The number of amides is 1. The first-order valence-electron chi connectivity index (χ1n) is 8.62. The van der Waals surface area contributed by atoms with Crippen molar-refractivity contribution < 1.29 is 28.3 Å². The van der Waals surface area contributed by atoms with Crippen molar-refractivity contribution in [3.8, 4) is 11.4 Å². The smallest absolute Gasteiger partial charge is 0.306 e. The summed E-state index contributed by atoms with van der Waals surface area (Å²) in [7, 11) is 0. The van der Waals surface area contributed by atoms with E-state index in [0.29, 0.717) is 36.0 Å². The molecule has 8 nitrogen and oxygen atoms in total. The molecule has 1 aromatic heterocycles. The number of carboxylic acids is 1. The second-order valence-corrected chi connectivity index (χ2v) is 6.41. The van der Waals surface area contributed by atoms with Gasteiger partial charge in [0.05, 0.1) is 19.1 Å². The lowest BCUT2D eigenvalue weighted by Crippen LogP contribution is -2.46. The first-order chi connectivity index (χ1) is 12.9. The maximum absolute atomic E-state index is 13.4. The van der Waals surface area contributed by atoms with Gasteiger partial charge in [0.15, 0.2) is 0 Å². The molecule has 1 aliphatic heterocycles. The third kappa shape index (κ3) is 4.88. The predicted molar refractivity (Wildman–Crippen MR) is 91.3 cm³/mol. The second-order valence-electron chi connectivity index (χ2n) is 6.41. The quantitative estimate of drug-likeness (QED) is 0.818. The van der Waals surface area contributed by atoms with Crippen LogP contribution in [0.25, 0.3) is 11.4 Å². The average molecular weight is 377 g/mol. The molecule has 1 N–H and O–H groups in total. The topological polar surface area (TPSA) is 106 Å². The van der Waals surface area contributed by atoms with Crippen LogP contribution in [0.5, 0.6) is 0 Å². The van der Waals surface area contributed by atoms with Crippen LogP contribution in [0.15, 0.2) is 22.7 Å². The molecular formula is C18H20FN3O5. The van der Waals surface area contributed by atoms with Crippen molar-refractivity contribution in [1.82, 2.24) is 15.0 Å². The Morgan fingerprint density at radius 3 is 2.96 bits per heavy atom. The highest BCUT2D eigenvalue weighted by molar-refractivity contribution is 5.76. The molecule has 1 aromatic carbocycles. The maximum Gasteiger partial charge on any atom is 0.306 e. The number of halogens is 1. The molecule has 1 amide bonds. The van der Waals surface area contributed by atoms with Crippen LogP contribution in [0, 0.1) is 12.7 Å². The van der Waals surface area contributed by atoms with Crippen molar-refractivity contribution in [3.05, 3.63) is 35.5 Å². The van der Waals surface area contributed by atoms with Gasteiger partial charge in [0.25, 0.3) is 0 Å². The Morgan fingerprint density at radius 1 is 1.41 bits per heavy atom. The van der Waals surface area contributed by atoms with Gasteiger partial charge in [-0.05, 0) is 30.7 Å². The summed E-state index contributed by atoms with van der Waals surface area (Å²) in [6.07, 6.45) is -0.179. The lowest BCUT2D eigenvalue weighted by Gasteiger charge is -2.32. The lowest BCUT2D eigenvalue weighted by atomic mass is 10.1. The Hall–Kier alpha value is -2.81. The van der Waals surface area contributed by atoms with E-state index in [4.69, 9.17) is 14.4 Å². The molecule has 0 spiro atoms. The zero-order chi connectivity index (χ0) is 19.4. The summed E-state index contributed by atoms with van der Waals surface area (Å²) in [5.74, 6) is -0.723. The van der Waals surface area contributed by atoms with Crippen molar-refractivity contribution in [1.29, 1.82) is 0 Å². The van der Waals surface area contributed by atoms with E-state index in [0.717, 1.165) is 0 Å². The highest BCUT2D eigenvalue weighted by Gasteiger charge is 2.26. The van der Waals surface area contributed by atoms with Crippen molar-refractivity contribution in [2.24, 2.45) is 0 Å². The zero-order valence-corrected chi connectivity index (χ0v) is 14.9. The van der Waals surface area contributed by atoms with Crippen LogP contribution in [0.1, 0.15) is 24.3 Å². The van der Waals surface area contributed by atoms with Crippen molar-refractivity contribution in [3.63, 3.8) is 0 Å². The van der Waals surface area contributed by atoms with E-state index in [2.05, 4.69) is 10.1 Å². The van der Waals surface area contributed by atoms with Crippen LogP contribution in [-0.2, 0) is 20.7 Å². The summed E-state index contributed by atoms with van der Waals surface area (Å²) in [5.41, 5.74) is 1.12. The number of hydrogen-bond acceptors (Lipinski definition) is 6. The summed E-state index contributed by atoms with van der Waals surface area (Å²) < 4.78 is 23.9. The number of carboxylic acid groups (broad SMARTS) is 1. The largest absolute Gasteiger partial charge is 0.481 e. The molecular weight excluding hydrogens is 357 g/mol. The number of benzene rings is 1. The van der Waals surface area contributed by atoms with Gasteiger partial charge in [-0.3, -0.25) is 9.59 Å². The predicted octanol–water partition coefficient (Wildman–Crippen LogP) is 1.82. The summed E-state index contributed by atoms with van der Waals surface area (Å²) in [6, 6.07) is 4.54. The van der Waals surface area contributed by atoms with Gasteiger partial charge in [0.2, 0.25) is 17.6 Å². The molecule has 1 fully saturated rings. The molecule has 3 rings (SSSR count). The van der Waals surface area contributed by atoms with E-state index in [9.17, 15) is 14.0 Å². The lowest BCUT2D eigenvalue weighted by molar-refractivity contribution is -0.147. The fourth-order valence-electron chi connectivity index (χ4n) is 2.89. The van der Waals surface area contributed by atoms with Gasteiger partial charge in [-0.25, -0.2) is 4.39 Å². The zero-order valence-electron chi connectivity index (χ0n) is 14.9. The minimum Gasteiger partial charge on any atom is -0.481 e. The van der Waals surface area contributed by atoms with E-state index in [-0.39, 0.29) is 37.5 Å². The van der Waals surface area contributed by atoms with Crippen LogP contribution in [0.3, 0.4) is 0 Å². The SMILES string of the molecule is Cc1cc(-c2noc(CCC(=O)N3CCOC(CC(=O)O)C3)n2)ccc1F. The molecule has 0 aliphatic carbocycles. The molecule has 0 radical (unpaired) electrons. The molecule has 0 bridgehead atoms. The summed E-state index contributed by atoms with van der Waals surface area (Å²) in [6.45, 7) is 2.66. The Labute approximate surface area is 154 Å². The third-order valence-corrected chi connectivity index (χ3v) is 4.33. The van der Waals surface area contributed by atoms with Crippen LogP contribution in [0.4, 0.5) is 4.39 Å². The Morgan fingerprint density at radius 2 is 2.22 bits per heavy atom. The average Bonchev–Trinajstić information content (AvgIpc) is 3.10. The fraction of sp³-hybridized carbons (Fsp3) is 0.444. The van der Waals surface area contributed by atoms with Crippen LogP contribution >= 0.6 is 0 Å². The first-order valence-corrected chi connectivity index (χ1v) is 8.62. The Balaban J connectivity index is 1.55. The molecule has 0 saturated carbocycles. The number of rotatable bonds is 6. The van der Waals surface area contributed by atoms with Crippen molar-refractivity contribution in [2.45, 2.75) is 32.3 Å². The van der Waals surface area contributed by atoms with Crippen molar-refractivity contribution in [2.75, 3.05) is 19.7 Å². The van der Waals surface area contributed by atoms with E-state index in [1.54, 1.807) is 24.0 Å². The number of carbonyl (C=O) groups excluding carboxylic acids is 1. The van der Waals surface area contributed by atoms with Gasteiger partial charge in [-0.1, -0.05) is 5.16 Å². The summed E-state index contributed by atoms with van der Waals surface area (Å²) in [5, 5.41) is 12.7. The van der Waals surface area contributed by atoms with Crippen LogP contribution < -0.4 is 0 Å². The van der Waals surface area contributed by atoms with Gasteiger partial charge in [-0.2, -0.15) is 4.98 Å². The van der Waals surface area contributed by atoms with E-state index in [1.165, 1.54) is 6.07 Å². The minimum absolute atomic E-state index is 0.119. The number of carbonyl (C=O) groups is 2. The summed E-state index contributed by atoms with van der Waals surface area (Å²) in [4.78, 5) is 29.0. The molecule has 27 heavy (non-hydrogen) atoms. The third-order valence-electron chi connectivity index (χ3n) is 4.33. The number of hydrogen-bond donors (Lipinski definition) is 1. The Bertz CT molecular complexity index is 838. The molecule has 1 saturated heterocycles. The maximum atomic E-state index is 13.4. The van der Waals surface area contributed by atoms with E-state index >= 15 is 0 Å². The van der Waals surface area contributed by atoms with Crippen LogP contribution in [-0.4, -0.2) is 57.8 Å². The number of aromatic nitrogens is 2. The number of morpholine rings is 1. The molecule has 2 aromatic rings. The monoisotopic (exact) mass is 377 g/mol. The number of aliphatic carboxylic acids is 1. The molecule has 9 heteroatoms. The minimum atomic E-state index is -0.955. The standard InChI is InChI=1S/C18H20FN3O5/c1-11-8-12(2-3-14(11)19)18-20-15(27-21-18)4-5-16(23)22-6-7-26-13(10-22)9-17(24)25/h2-3,8,13H,4-7,9-10H2,1H3,(H,24,25). The van der Waals surface area contributed by atoms with Gasteiger partial charge < -0.3 is 19.3 Å². The van der Waals surface area contributed by atoms with Gasteiger partial charge >= 0.3 is 5.97 Å². The summed E-state index contributed by atoms with van der Waals surface area (Å²) >= 11 is 0. The number of ether oxygens (including phenoxy) is 1. The molecule has 1 unspecified atom stereocenters. The second kappa shape index (κ2) is 8.26. The van der Waals surface area contributed by atoms with Crippen LogP contribution in [0.2, 0.25) is 0 Å². The molecule has 1 aliphatic rings. The first kappa shape index (κ1) is 19.0. The Kier molecular flexibility index (Phi) is 5.80. The van der Waals surface area contributed by atoms with E-state index in [1.807, 2.05) is 0 Å². The number of nitrogens with zero attached hydrogens (tertiary/aromatic N) is 3. The highest BCUT2D eigenvalue weighted by atomic mass is 19.1. The molecule has 1 atom stereocenters. The highest BCUT2D eigenvalue weighted by Crippen LogP contribution is 2.19. The fourth-order valence-corrected chi connectivity index (χ4v) is 2.89. The van der Waals surface area contributed by atoms with Gasteiger partial charge in [-0.15, -0.1) is 0 Å². The molecule has 144 valence electrons. The normalized spacial score (nSPS) is 17.1. The van der Waals surface area contributed by atoms with Gasteiger partial charge in [0, 0.05) is 31.5 Å². The van der Waals surface area contributed by atoms with Crippen molar-refractivity contribution >= 4 is 11.9 Å². The molecule has 2 heterocycles.